The zero-order chi connectivity index (χ0) is 18.7. The fourth-order valence-corrected chi connectivity index (χ4v) is 2.68. The lowest BCUT2D eigenvalue weighted by atomic mass is 9.92. The molecule has 0 saturated heterocycles. The van der Waals surface area contributed by atoms with E-state index in [-0.39, 0.29) is 11.3 Å². The van der Waals surface area contributed by atoms with Gasteiger partial charge < -0.3 is 5.32 Å². The van der Waals surface area contributed by atoms with E-state index in [4.69, 9.17) is 0 Å². The van der Waals surface area contributed by atoms with Gasteiger partial charge in [-0.15, -0.1) is 0 Å². The summed E-state index contributed by atoms with van der Waals surface area (Å²) in [5.41, 5.74) is 4.53. The molecule has 0 atom stereocenters. The molecule has 0 spiro atoms. The second-order valence-corrected chi connectivity index (χ2v) is 7.47. The summed E-state index contributed by atoms with van der Waals surface area (Å²) in [5, 5.41) is 7.40. The largest absolute Gasteiger partial charge is 0.321 e. The Morgan fingerprint density at radius 3 is 2.23 bits per heavy atom. The van der Waals surface area contributed by atoms with Crippen LogP contribution >= 0.6 is 0 Å². The van der Waals surface area contributed by atoms with E-state index < -0.39 is 0 Å². The number of carbonyl (C=O) groups excluding carboxylic acids is 1. The molecule has 5 nitrogen and oxygen atoms in total. The molecule has 0 bridgehead atoms. The highest BCUT2D eigenvalue weighted by Gasteiger charge is 2.21. The number of aryl methyl sites for hydroxylation is 1. The molecule has 2 heterocycles. The first-order valence-electron chi connectivity index (χ1n) is 8.66. The Morgan fingerprint density at radius 2 is 1.65 bits per heavy atom. The van der Waals surface area contributed by atoms with E-state index in [1.54, 1.807) is 24.1 Å². The Balaban J connectivity index is 1.69. The van der Waals surface area contributed by atoms with Gasteiger partial charge in [0.1, 0.15) is 5.69 Å². The summed E-state index contributed by atoms with van der Waals surface area (Å²) in [5.74, 6) is -0.155. The molecule has 0 unspecified atom stereocenters. The van der Waals surface area contributed by atoms with Crippen molar-refractivity contribution in [2.75, 3.05) is 5.32 Å². The van der Waals surface area contributed by atoms with Crippen molar-refractivity contribution < 1.29 is 4.79 Å². The van der Waals surface area contributed by atoms with Gasteiger partial charge in [-0.05, 0) is 47.9 Å². The van der Waals surface area contributed by atoms with Gasteiger partial charge in [-0.2, -0.15) is 5.10 Å². The number of nitrogens with zero attached hydrogens (tertiary/aromatic N) is 3. The molecule has 1 aromatic carbocycles. The van der Waals surface area contributed by atoms with E-state index in [9.17, 15) is 4.79 Å². The summed E-state index contributed by atoms with van der Waals surface area (Å²) in [6, 6.07) is 13.8. The quantitative estimate of drug-likeness (QED) is 0.776. The fraction of sp³-hybridized carbons (Fsp3) is 0.286. The van der Waals surface area contributed by atoms with Gasteiger partial charge in [0.2, 0.25) is 0 Å². The summed E-state index contributed by atoms with van der Waals surface area (Å²) in [6.07, 6.45) is 4.43. The molecule has 0 aliphatic carbocycles. The number of nitrogens with one attached hydrogen (secondary N) is 1. The minimum Gasteiger partial charge on any atom is -0.321 e. The van der Waals surface area contributed by atoms with E-state index >= 15 is 0 Å². The molecule has 2 aromatic heterocycles. The van der Waals surface area contributed by atoms with Crippen molar-refractivity contribution in [1.82, 2.24) is 14.8 Å². The minimum absolute atomic E-state index is 0.0924. The highest BCUT2D eigenvalue weighted by Crippen LogP contribution is 2.22. The smallest absolute Gasteiger partial charge is 0.273 e. The van der Waals surface area contributed by atoms with Gasteiger partial charge in [0, 0.05) is 30.5 Å². The second-order valence-electron chi connectivity index (χ2n) is 7.47. The van der Waals surface area contributed by atoms with Crippen LogP contribution in [0.25, 0.3) is 0 Å². The SMILES string of the molecule is Cn1nc(C(C)(C)C)cc1C(=O)Nc1ccc(Cc2ccncc2)cc1. The zero-order valence-electron chi connectivity index (χ0n) is 15.7. The van der Waals surface area contributed by atoms with Gasteiger partial charge in [-0.1, -0.05) is 32.9 Å². The summed E-state index contributed by atoms with van der Waals surface area (Å²) in [4.78, 5) is 16.6. The van der Waals surface area contributed by atoms with Gasteiger partial charge in [0.25, 0.3) is 5.91 Å². The minimum atomic E-state index is -0.155. The monoisotopic (exact) mass is 348 g/mol. The van der Waals surface area contributed by atoms with Crippen LogP contribution < -0.4 is 5.32 Å². The van der Waals surface area contributed by atoms with Gasteiger partial charge >= 0.3 is 0 Å². The molecule has 0 saturated carbocycles. The van der Waals surface area contributed by atoms with Gasteiger partial charge in [-0.3, -0.25) is 14.5 Å². The Labute approximate surface area is 154 Å². The van der Waals surface area contributed by atoms with Crippen molar-refractivity contribution in [2.24, 2.45) is 7.05 Å². The van der Waals surface area contributed by atoms with E-state index in [0.717, 1.165) is 17.8 Å². The predicted octanol–water partition coefficient (Wildman–Crippen LogP) is 3.96. The maximum atomic E-state index is 12.6. The Kier molecular flexibility index (Phi) is 4.89. The summed E-state index contributed by atoms with van der Waals surface area (Å²) in [6.45, 7) is 6.25. The first-order chi connectivity index (χ1) is 12.3. The molecule has 26 heavy (non-hydrogen) atoms. The van der Waals surface area contributed by atoms with Crippen molar-refractivity contribution in [2.45, 2.75) is 32.6 Å². The number of pyridine rings is 1. The molecule has 0 aliphatic heterocycles. The molecule has 3 rings (SSSR count). The Morgan fingerprint density at radius 1 is 1.04 bits per heavy atom. The molecular formula is C21H24N4O. The van der Waals surface area contributed by atoms with E-state index in [1.165, 1.54) is 11.1 Å². The molecule has 5 heteroatoms. The number of benzene rings is 1. The third-order valence-electron chi connectivity index (χ3n) is 4.25. The average Bonchev–Trinajstić information content (AvgIpc) is 3.00. The molecule has 3 aromatic rings. The molecule has 1 amide bonds. The molecule has 0 radical (unpaired) electrons. The summed E-state index contributed by atoms with van der Waals surface area (Å²) in [7, 11) is 1.79. The van der Waals surface area contributed by atoms with Crippen molar-refractivity contribution in [3.05, 3.63) is 77.4 Å². The van der Waals surface area contributed by atoms with Crippen LogP contribution in [0.2, 0.25) is 0 Å². The van der Waals surface area contributed by atoms with Crippen LogP contribution in [0.3, 0.4) is 0 Å². The van der Waals surface area contributed by atoms with Crippen LogP contribution in [0.1, 0.15) is 48.1 Å². The van der Waals surface area contributed by atoms with Gasteiger partial charge in [-0.25, -0.2) is 0 Å². The van der Waals surface area contributed by atoms with Crippen LogP contribution in [0.4, 0.5) is 5.69 Å². The summed E-state index contributed by atoms with van der Waals surface area (Å²) < 4.78 is 1.63. The standard InChI is InChI=1S/C21H24N4O/c1-21(2,3)19-14-18(25(4)24-19)20(26)23-17-7-5-15(6-8-17)13-16-9-11-22-12-10-16/h5-12,14H,13H2,1-4H3,(H,23,26). The zero-order valence-corrected chi connectivity index (χ0v) is 15.7. The van der Waals surface area contributed by atoms with Gasteiger partial charge in [0.05, 0.1) is 5.69 Å². The lowest BCUT2D eigenvalue weighted by Crippen LogP contribution is -2.16. The first-order valence-corrected chi connectivity index (χ1v) is 8.66. The number of rotatable bonds is 4. The van der Waals surface area contributed by atoms with Crippen molar-refractivity contribution >= 4 is 11.6 Å². The van der Waals surface area contributed by atoms with Crippen molar-refractivity contribution in [1.29, 1.82) is 0 Å². The number of hydrogen-bond acceptors (Lipinski definition) is 3. The van der Waals surface area contributed by atoms with Crippen molar-refractivity contribution in [3.8, 4) is 0 Å². The number of amides is 1. The highest BCUT2D eigenvalue weighted by atomic mass is 16.2. The van der Waals surface area contributed by atoms with E-state index in [0.29, 0.717) is 5.69 Å². The molecule has 134 valence electrons. The predicted molar refractivity (Wildman–Crippen MR) is 103 cm³/mol. The van der Waals surface area contributed by atoms with E-state index in [2.05, 4.69) is 36.2 Å². The summed E-state index contributed by atoms with van der Waals surface area (Å²) >= 11 is 0. The highest BCUT2D eigenvalue weighted by molar-refractivity contribution is 6.03. The Hall–Kier alpha value is -2.95. The second kappa shape index (κ2) is 7.12. The molecule has 1 N–H and O–H groups in total. The lowest BCUT2D eigenvalue weighted by molar-refractivity contribution is 0.101. The maximum Gasteiger partial charge on any atom is 0.273 e. The van der Waals surface area contributed by atoms with Crippen LogP contribution in [0.15, 0.2) is 54.9 Å². The van der Waals surface area contributed by atoms with Gasteiger partial charge in [0.15, 0.2) is 0 Å². The number of anilines is 1. The molecule has 0 aliphatic rings. The molecular weight excluding hydrogens is 324 g/mol. The lowest BCUT2D eigenvalue weighted by Gasteiger charge is -2.13. The third kappa shape index (κ3) is 4.17. The van der Waals surface area contributed by atoms with Crippen LogP contribution in [0, 0.1) is 0 Å². The average molecular weight is 348 g/mol. The number of aromatic nitrogens is 3. The van der Waals surface area contributed by atoms with Crippen molar-refractivity contribution in [3.63, 3.8) is 0 Å². The topological polar surface area (TPSA) is 59.8 Å². The Bertz CT molecular complexity index is 890. The van der Waals surface area contributed by atoms with Crippen LogP contribution in [-0.4, -0.2) is 20.7 Å². The fourth-order valence-electron chi connectivity index (χ4n) is 2.68. The molecule has 0 fully saturated rings. The number of hydrogen-bond donors (Lipinski definition) is 1. The number of carbonyl (C=O) groups is 1. The third-order valence-corrected chi connectivity index (χ3v) is 4.25. The van der Waals surface area contributed by atoms with Crippen LogP contribution in [-0.2, 0) is 18.9 Å². The van der Waals surface area contributed by atoms with E-state index in [1.807, 2.05) is 42.5 Å². The van der Waals surface area contributed by atoms with Crippen LogP contribution in [0.5, 0.6) is 0 Å². The maximum absolute atomic E-state index is 12.6. The normalized spacial score (nSPS) is 11.4. The first kappa shape index (κ1) is 17.9.